The number of hydrogen-bond donors (Lipinski definition) is 2. The van der Waals surface area contributed by atoms with Crippen LogP contribution in [-0.2, 0) is 6.54 Å². The van der Waals surface area contributed by atoms with E-state index in [1.807, 2.05) is 12.3 Å². The Labute approximate surface area is 169 Å². The Hall–Kier alpha value is -2.90. The lowest BCUT2D eigenvalue weighted by molar-refractivity contribution is 0.163. The molecule has 0 unspecified atom stereocenters. The van der Waals surface area contributed by atoms with E-state index in [-0.39, 0.29) is 17.9 Å². The van der Waals surface area contributed by atoms with Gasteiger partial charge in [-0.1, -0.05) is 0 Å². The topological polar surface area (TPSA) is 62.3 Å². The van der Waals surface area contributed by atoms with Crippen molar-refractivity contribution in [3.63, 3.8) is 0 Å². The molecule has 0 saturated carbocycles. The van der Waals surface area contributed by atoms with Crippen molar-refractivity contribution in [2.75, 3.05) is 23.3 Å². The zero-order valence-corrected chi connectivity index (χ0v) is 16.6. The van der Waals surface area contributed by atoms with E-state index in [0.717, 1.165) is 42.2 Å². The molecule has 1 fully saturated rings. The van der Waals surface area contributed by atoms with Crippen LogP contribution in [0.1, 0.15) is 38.1 Å². The van der Waals surface area contributed by atoms with Gasteiger partial charge in [0.2, 0.25) is 0 Å². The molecule has 0 spiro atoms. The molecule has 1 saturated heterocycles. The summed E-state index contributed by atoms with van der Waals surface area (Å²) in [5.74, 6) is 0.426. The van der Waals surface area contributed by atoms with Crippen LogP contribution in [0.2, 0.25) is 0 Å². The highest BCUT2D eigenvalue weighted by Gasteiger charge is 2.26. The van der Waals surface area contributed by atoms with Gasteiger partial charge in [0.25, 0.3) is 0 Å². The van der Waals surface area contributed by atoms with Crippen LogP contribution in [-0.4, -0.2) is 35.2 Å². The molecule has 0 atom stereocenters. The molecule has 154 valence electrons. The minimum Gasteiger partial charge on any atom is -0.487 e. The first-order valence-corrected chi connectivity index (χ1v) is 9.93. The molecule has 1 aromatic heterocycles. The number of nitrogens with zero attached hydrogens (tertiary/aromatic N) is 3. The lowest BCUT2D eigenvalue weighted by atomic mass is 10.1. The molecule has 2 aliphatic heterocycles. The van der Waals surface area contributed by atoms with Crippen molar-refractivity contribution in [3.8, 4) is 5.75 Å². The van der Waals surface area contributed by atoms with Gasteiger partial charge >= 0.3 is 0 Å². The van der Waals surface area contributed by atoms with Crippen LogP contribution in [0, 0.1) is 11.6 Å². The summed E-state index contributed by atoms with van der Waals surface area (Å²) in [6.45, 7) is 6.23. The minimum absolute atomic E-state index is 0.0956. The number of nitrogens with one attached hydrogen (secondary N) is 2. The zero-order valence-electron chi connectivity index (χ0n) is 16.6. The van der Waals surface area contributed by atoms with E-state index in [2.05, 4.69) is 29.4 Å². The Bertz CT molecular complexity index is 910. The molecule has 2 aromatic rings. The number of aromatic nitrogens is 2. The third-order valence-corrected chi connectivity index (χ3v) is 4.96. The summed E-state index contributed by atoms with van der Waals surface area (Å²) < 4.78 is 32.7. The lowest BCUT2D eigenvalue weighted by Crippen LogP contribution is -2.39. The molecule has 1 aromatic carbocycles. The van der Waals surface area contributed by atoms with Gasteiger partial charge in [0.15, 0.2) is 23.2 Å². The molecule has 2 aliphatic rings. The Morgan fingerprint density at radius 2 is 2.00 bits per heavy atom. The van der Waals surface area contributed by atoms with E-state index in [1.165, 1.54) is 12.1 Å². The highest BCUT2D eigenvalue weighted by atomic mass is 19.1. The van der Waals surface area contributed by atoms with Crippen LogP contribution >= 0.6 is 0 Å². The van der Waals surface area contributed by atoms with Crippen LogP contribution in [0.3, 0.4) is 0 Å². The largest absolute Gasteiger partial charge is 0.487 e. The van der Waals surface area contributed by atoms with Crippen molar-refractivity contribution >= 4 is 17.7 Å². The van der Waals surface area contributed by atoms with Crippen LogP contribution in [0.5, 0.6) is 5.75 Å². The summed E-state index contributed by atoms with van der Waals surface area (Å²) in [5, 5.41) is 6.56. The van der Waals surface area contributed by atoms with E-state index in [9.17, 15) is 8.78 Å². The van der Waals surface area contributed by atoms with E-state index in [1.54, 1.807) is 0 Å². The number of rotatable bonds is 5. The zero-order chi connectivity index (χ0) is 20.4. The minimum atomic E-state index is -0.670. The van der Waals surface area contributed by atoms with Gasteiger partial charge < -0.3 is 20.3 Å². The fourth-order valence-electron chi connectivity index (χ4n) is 3.56. The first-order chi connectivity index (χ1) is 14.0. The van der Waals surface area contributed by atoms with Crippen LogP contribution in [0.25, 0.3) is 6.08 Å². The summed E-state index contributed by atoms with van der Waals surface area (Å²) >= 11 is 0. The fourth-order valence-corrected chi connectivity index (χ4v) is 3.56. The van der Waals surface area contributed by atoms with Gasteiger partial charge in [-0.15, -0.1) is 0 Å². The molecule has 3 heterocycles. The third kappa shape index (κ3) is 4.41. The van der Waals surface area contributed by atoms with E-state index in [4.69, 9.17) is 14.7 Å². The van der Waals surface area contributed by atoms with Crippen molar-refractivity contribution in [3.05, 3.63) is 47.4 Å². The number of anilines is 2. The first-order valence-electron chi connectivity index (χ1n) is 9.93. The van der Waals surface area contributed by atoms with Crippen LogP contribution in [0.4, 0.5) is 20.4 Å². The molecular formula is C21H25F2N5O. The predicted octanol–water partition coefficient (Wildman–Crippen LogP) is 3.70. The third-order valence-electron chi connectivity index (χ3n) is 4.96. The van der Waals surface area contributed by atoms with Crippen molar-refractivity contribution in [2.45, 2.75) is 45.4 Å². The van der Waals surface area contributed by atoms with Gasteiger partial charge in [-0.3, -0.25) is 0 Å². The standard InChI is InChI=1S/C21H25F2N5O/c1-13(2)25-20-21(27-17-5-8-24-12-18(17)26-20)28-9-6-15(7-10-28)29-19-4-3-14(22)11-16(19)23/h3-5,8,11,13,15,24H,6-7,9-10,12H2,1-2H3,(H,25,26). The number of hydrogen-bond acceptors (Lipinski definition) is 6. The summed E-state index contributed by atoms with van der Waals surface area (Å²) in [6, 6.07) is 3.63. The van der Waals surface area contributed by atoms with Gasteiger partial charge in [-0.05, 0) is 38.3 Å². The SMILES string of the molecule is CC(C)Nc1nc2c(nc1N1CCC(Oc3ccc(F)cc3F)CC1)C=CNC2. The average Bonchev–Trinajstić information content (AvgIpc) is 2.70. The number of ether oxygens (including phenoxy) is 1. The van der Waals surface area contributed by atoms with Gasteiger partial charge in [-0.2, -0.15) is 0 Å². The molecular weight excluding hydrogens is 376 g/mol. The summed E-state index contributed by atoms with van der Waals surface area (Å²) in [7, 11) is 0. The maximum absolute atomic E-state index is 13.9. The van der Waals surface area contributed by atoms with E-state index < -0.39 is 11.6 Å². The number of benzene rings is 1. The summed E-state index contributed by atoms with van der Waals surface area (Å²) in [4.78, 5) is 11.8. The highest BCUT2D eigenvalue weighted by Crippen LogP contribution is 2.30. The molecule has 6 nitrogen and oxygen atoms in total. The monoisotopic (exact) mass is 401 g/mol. The van der Waals surface area contributed by atoms with Gasteiger partial charge in [0, 0.05) is 38.0 Å². The van der Waals surface area contributed by atoms with Crippen molar-refractivity contribution in [2.24, 2.45) is 0 Å². The van der Waals surface area contributed by atoms with E-state index in [0.29, 0.717) is 19.4 Å². The summed E-state index contributed by atoms with van der Waals surface area (Å²) in [5.41, 5.74) is 1.80. The lowest BCUT2D eigenvalue weighted by Gasteiger charge is -2.34. The van der Waals surface area contributed by atoms with Crippen LogP contribution in [0.15, 0.2) is 24.4 Å². The first kappa shape index (κ1) is 19.4. The molecule has 29 heavy (non-hydrogen) atoms. The normalized spacial score (nSPS) is 16.5. The number of piperidine rings is 1. The second kappa shape index (κ2) is 8.23. The fraction of sp³-hybridized carbons (Fsp3) is 0.429. The highest BCUT2D eigenvalue weighted by molar-refractivity contribution is 5.65. The Morgan fingerprint density at radius 1 is 1.21 bits per heavy atom. The molecule has 0 bridgehead atoms. The molecule has 0 amide bonds. The maximum Gasteiger partial charge on any atom is 0.172 e. The Balaban J connectivity index is 1.48. The van der Waals surface area contributed by atoms with Crippen LogP contribution < -0.4 is 20.3 Å². The maximum atomic E-state index is 13.9. The molecule has 0 aliphatic carbocycles. The predicted molar refractivity (Wildman–Crippen MR) is 109 cm³/mol. The summed E-state index contributed by atoms with van der Waals surface area (Å²) in [6.07, 6.45) is 5.12. The molecule has 4 rings (SSSR count). The second-order valence-electron chi connectivity index (χ2n) is 7.62. The Kier molecular flexibility index (Phi) is 5.51. The van der Waals surface area contributed by atoms with Crippen molar-refractivity contribution in [1.29, 1.82) is 0 Å². The molecule has 0 radical (unpaired) electrons. The van der Waals surface area contributed by atoms with E-state index >= 15 is 0 Å². The Morgan fingerprint density at radius 3 is 2.72 bits per heavy atom. The van der Waals surface area contributed by atoms with Gasteiger partial charge in [-0.25, -0.2) is 18.7 Å². The second-order valence-corrected chi connectivity index (χ2v) is 7.62. The number of fused-ring (bicyclic) bond motifs is 1. The number of halogens is 2. The van der Waals surface area contributed by atoms with Gasteiger partial charge in [0.1, 0.15) is 11.9 Å². The van der Waals surface area contributed by atoms with Crippen molar-refractivity contribution in [1.82, 2.24) is 15.3 Å². The average molecular weight is 401 g/mol. The quantitative estimate of drug-likeness (QED) is 0.797. The molecule has 8 heteroatoms. The van der Waals surface area contributed by atoms with Crippen molar-refractivity contribution < 1.29 is 13.5 Å². The molecule has 2 N–H and O–H groups in total. The van der Waals surface area contributed by atoms with Gasteiger partial charge in [0.05, 0.1) is 17.9 Å². The smallest absolute Gasteiger partial charge is 0.172 e.